The molecule has 0 atom stereocenters. The van der Waals surface area contributed by atoms with Crippen molar-refractivity contribution in [2.75, 3.05) is 0 Å². The molecule has 0 aromatic carbocycles. The van der Waals surface area contributed by atoms with E-state index in [2.05, 4.69) is 23.2 Å². The number of hydrogen-bond donors (Lipinski definition) is 0. The van der Waals surface area contributed by atoms with Gasteiger partial charge in [-0.1, -0.05) is 26.0 Å². The summed E-state index contributed by atoms with van der Waals surface area (Å²) in [6, 6.07) is 2.18. The van der Waals surface area contributed by atoms with Gasteiger partial charge in [0, 0.05) is 11.9 Å². The molecule has 0 N–H and O–H groups in total. The first-order valence-corrected chi connectivity index (χ1v) is 4.98. The van der Waals surface area contributed by atoms with E-state index < -0.39 is 0 Å². The SMILES string of the molecule is CC.Cc1cc2c(cn1)C=CCC2. The van der Waals surface area contributed by atoms with Crippen molar-refractivity contribution in [2.45, 2.75) is 33.6 Å². The lowest BCUT2D eigenvalue weighted by Gasteiger charge is -2.09. The molecule has 1 aromatic heterocycles. The fraction of sp³-hybridized carbons (Fsp3) is 0.417. The second kappa shape index (κ2) is 4.80. The van der Waals surface area contributed by atoms with Crippen molar-refractivity contribution in [2.24, 2.45) is 0 Å². The molecule has 2 rings (SSSR count). The van der Waals surface area contributed by atoms with Crippen molar-refractivity contribution in [3.8, 4) is 0 Å². The summed E-state index contributed by atoms with van der Waals surface area (Å²) in [6.07, 6.45) is 8.68. The molecule has 70 valence electrons. The van der Waals surface area contributed by atoms with E-state index in [4.69, 9.17) is 0 Å². The highest BCUT2D eigenvalue weighted by Gasteiger charge is 2.03. The maximum atomic E-state index is 4.24. The van der Waals surface area contributed by atoms with Gasteiger partial charge in [-0.25, -0.2) is 0 Å². The maximum Gasteiger partial charge on any atom is 0.0375 e. The Kier molecular flexibility index (Phi) is 3.69. The van der Waals surface area contributed by atoms with Crippen molar-refractivity contribution < 1.29 is 0 Å². The number of fused-ring (bicyclic) bond motifs is 1. The molecule has 1 nitrogen and oxygen atoms in total. The number of rotatable bonds is 0. The second-order valence-electron chi connectivity index (χ2n) is 2.97. The van der Waals surface area contributed by atoms with E-state index in [-0.39, 0.29) is 0 Å². The summed E-state index contributed by atoms with van der Waals surface area (Å²) < 4.78 is 0. The quantitative estimate of drug-likeness (QED) is 0.589. The van der Waals surface area contributed by atoms with Gasteiger partial charge in [0.25, 0.3) is 0 Å². The minimum Gasteiger partial charge on any atom is -0.261 e. The monoisotopic (exact) mass is 175 g/mol. The van der Waals surface area contributed by atoms with Gasteiger partial charge in [0.05, 0.1) is 0 Å². The van der Waals surface area contributed by atoms with Crippen LogP contribution < -0.4 is 0 Å². The molecule has 0 saturated heterocycles. The molecule has 0 spiro atoms. The van der Waals surface area contributed by atoms with Crippen LogP contribution in [-0.2, 0) is 6.42 Å². The van der Waals surface area contributed by atoms with E-state index in [9.17, 15) is 0 Å². The molecule has 13 heavy (non-hydrogen) atoms. The van der Waals surface area contributed by atoms with Crippen molar-refractivity contribution in [3.63, 3.8) is 0 Å². The van der Waals surface area contributed by atoms with Gasteiger partial charge >= 0.3 is 0 Å². The Labute approximate surface area is 80.5 Å². The van der Waals surface area contributed by atoms with Crippen molar-refractivity contribution in [1.82, 2.24) is 4.98 Å². The summed E-state index contributed by atoms with van der Waals surface area (Å²) in [7, 11) is 0. The fourth-order valence-corrected chi connectivity index (χ4v) is 1.44. The number of nitrogens with zero attached hydrogens (tertiary/aromatic N) is 1. The highest BCUT2D eigenvalue weighted by atomic mass is 14.7. The Morgan fingerprint density at radius 3 is 2.85 bits per heavy atom. The summed E-state index contributed by atoms with van der Waals surface area (Å²) in [6.45, 7) is 6.04. The van der Waals surface area contributed by atoms with Crippen LogP contribution in [0.25, 0.3) is 6.08 Å². The van der Waals surface area contributed by atoms with Gasteiger partial charge < -0.3 is 0 Å². The first-order valence-electron chi connectivity index (χ1n) is 4.98. The third-order valence-corrected chi connectivity index (χ3v) is 2.04. The minimum atomic E-state index is 1.12. The van der Waals surface area contributed by atoms with Crippen LogP contribution in [0.3, 0.4) is 0 Å². The van der Waals surface area contributed by atoms with Gasteiger partial charge in [0.2, 0.25) is 0 Å². The van der Waals surface area contributed by atoms with Crippen molar-refractivity contribution >= 4 is 6.08 Å². The number of pyridine rings is 1. The Morgan fingerprint density at radius 1 is 1.31 bits per heavy atom. The highest BCUT2D eigenvalue weighted by Crippen LogP contribution is 2.18. The van der Waals surface area contributed by atoms with Gasteiger partial charge in [0.15, 0.2) is 0 Å². The number of aryl methyl sites for hydroxylation is 2. The Bertz CT molecular complexity index is 300. The molecule has 0 aliphatic heterocycles. The number of hydrogen-bond acceptors (Lipinski definition) is 1. The summed E-state index contributed by atoms with van der Waals surface area (Å²) in [5, 5.41) is 0. The second-order valence-corrected chi connectivity index (χ2v) is 2.97. The lowest BCUT2D eigenvalue weighted by molar-refractivity contribution is 0.968. The lowest BCUT2D eigenvalue weighted by Crippen LogP contribution is -1.95. The molecule has 1 aromatic rings. The van der Waals surface area contributed by atoms with E-state index in [1.807, 2.05) is 27.0 Å². The van der Waals surface area contributed by atoms with Crippen LogP contribution >= 0.6 is 0 Å². The molecule has 1 heterocycles. The molecule has 1 aliphatic rings. The van der Waals surface area contributed by atoms with Crippen LogP contribution in [0.2, 0.25) is 0 Å². The van der Waals surface area contributed by atoms with Crippen molar-refractivity contribution in [3.05, 3.63) is 35.2 Å². The molecule has 0 saturated carbocycles. The summed E-state index contributed by atoms with van der Waals surface area (Å²) in [5.41, 5.74) is 3.86. The molecule has 0 radical (unpaired) electrons. The van der Waals surface area contributed by atoms with Crippen molar-refractivity contribution in [1.29, 1.82) is 0 Å². The van der Waals surface area contributed by atoms with Crippen LogP contribution in [0.4, 0.5) is 0 Å². The van der Waals surface area contributed by atoms with E-state index in [0.29, 0.717) is 0 Å². The van der Waals surface area contributed by atoms with Crippen LogP contribution in [0.5, 0.6) is 0 Å². The third kappa shape index (κ3) is 2.41. The van der Waals surface area contributed by atoms with Gasteiger partial charge in [0.1, 0.15) is 0 Å². The zero-order chi connectivity index (χ0) is 9.68. The molecule has 0 unspecified atom stereocenters. The lowest BCUT2D eigenvalue weighted by atomic mass is 9.99. The smallest absolute Gasteiger partial charge is 0.0375 e. The minimum absolute atomic E-state index is 1.12. The third-order valence-electron chi connectivity index (χ3n) is 2.04. The average Bonchev–Trinajstić information content (AvgIpc) is 2.21. The fourth-order valence-electron chi connectivity index (χ4n) is 1.44. The Morgan fingerprint density at radius 2 is 2.08 bits per heavy atom. The van der Waals surface area contributed by atoms with Gasteiger partial charge in [-0.15, -0.1) is 0 Å². The van der Waals surface area contributed by atoms with Gasteiger partial charge in [-0.05, 0) is 37.0 Å². The van der Waals surface area contributed by atoms with E-state index in [1.54, 1.807) is 0 Å². The average molecular weight is 175 g/mol. The van der Waals surface area contributed by atoms with Gasteiger partial charge in [-0.3, -0.25) is 4.98 Å². The van der Waals surface area contributed by atoms with Crippen LogP contribution in [0.1, 0.15) is 37.1 Å². The molecule has 0 fully saturated rings. The summed E-state index contributed by atoms with van der Waals surface area (Å²) >= 11 is 0. The Hall–Kier alpha value is -1.11. The van der Waals surface area contributed by atoms with E-state index >= 15 is 0 Å². The van der Waals surface area contributed by atoms with E-state index in [1.165, 1.54) is 24.0 Å². The van der Waals surface area contributed by atoms with Crippen LogP contribution in [0, 0.1) is 6.92 Å². The first-order chi connectivity index (χ1) is 6.36. The molecular weight excluding hydrogens is 158 g/mol. The first kappa shape index (κ1) is 9.97. The summed E-state index contributed by atoms with van der Waals surface area (Å²) in [5.74, 6) is 0. The molecule has 1 aliphatic carbocycles. The number of aromatic nitrogens is 1. The topological polar surface area (TPSA) is 12.9 Å². The molecule has 0 bridgehead atoms. The van der Waals surface area contributed by atoms with Gasteiger partial charge in [-0.2, -0.15) is 0 Å². The zero-order valence-corrected chi connectivity index (χ0v) is 8.67. The van der Waals surface area contributed by atoms with E-state index in [0.717, 1.165) is 5.69 Å². The number of allylic oxidation sites excluding steroid dienone is 1. The normalized spacial score (nSPS) is 12.8. The molecular formula is C12H17N. The largest absolute Gasteiger partial charge is 0.261 e. The van der Waals surface area contributed by atoms with Crippen LogP contribution in [0.15, 0.2) is 18.3 Å². The standard InChI is InChI=1S/C10H11N.C2H6/c1-8-6-9-4-2-3-5-10(9)7-11-8;1-2/h3,5-7H,2,4H2,1H3;1-2H3. The maximum absolute atomic E-state index is 4.24. The summed E-state index contributed by atoms with van der Waals surface area (Å²) in [4.78, 5) is 4.24. The van der Waals surface area contributed by atoms with Crippen LogP contribution in [-0.4, -0.2) is 4.98 Å². The predicted molar refractivity (Wildman–Crippen MR) is 57.7 cm³/mol. The molecule has 0 amide bonds. The predicted octanol–water partition coefficient (Wildman–Crippen LogP) is 3.38. The zero-order valence-electron chi connectivity index (χ0n) is 8.67. The Balaban J connectivity index is 0.000000396. The highest BCUT2D eigenvalue weighted by molar-refractivity contribution is 5.55. The molecule has 1 heteroatoms.